The van der Waals surface area contributed by atoms with Crippen molar-refractivity contribution in [2.24, 2.45) is 0 Å². The van der Waals surface area contributed by atoms with Gasteiger partial charge in [0.2, 0.25) is 10.0 Å². The first-order valence-corrected chi connectivity index (χ1v) is 13.1. The molecule has 0 unspecified atom stereocenters. The van der Waals surface area contributed by atoms with E-state index >= 15 is 0 Å². The number of pyridine rings is 1. The fourth-order valence-corrected chi connectivity index (χ4v) is 4.54. The van der Waals surface area contributed by atoms with Crippen LogP contribution in [-0.2, 0) is 10.0 Å². The van der Waals surface area contributed by atoms with Crippen LogP contribution >= 0.6 is 11.6 Å². The van der Waals surface area contributed by atoms with Crippen LogP contribution in [0.25, 0.3) is 0 Å². The van der Waals surface area contributed by atoms with E-state index in [0.717, 1.165) is 5.69 Å². The third kappa shape index (κ3) is 9.57. The second-order valence-electron chi connectivity index (χ2n) is 7.85. The van der Waals surface area contributed by atoms with Gasteiger partial charge in [-0.3, -0.25) is 9.78 Å². The standard InChI is InChI=1S/C23H33ClN4O4S/c1-4-14-33(30,31)27-8-5-12-28(18(2)3)23(29)19-15-20(24)17-22(16-19)32-13-11-26-21-6-9-25-10-7-21/h6-7,9-10,15-18,27H,4-5,8,11-14H2,1-3H3,(H,25,26). The highest BCUT2D eigenvalue weighted by Gasteiger charge is 2.20. The number of nitrogens with one attached hydrogen (secondary N) is 2. The lowest BCUT2D eigenvalue weighted by molar-refractivity contribution is 0.0704. The molecule has 0 spiro atoms. The van der Waals surface area contributed by atoms with Crippen LogP contribution in [0.5, 0.6) is 5.75 Å². The average molecular weight is 497 g/mol. The van der Waals surface area contributed by atoms with E-state index in [1.165, 1.54) is 0 Å². The summed E-state index contributed by atoms with van der Waals surface area (Å²) in [5, 5.41) is 3.64. The predicted octanol–water partition coefficient (Wildman–Crippen LogP) is 3.80. The maximum Gasteiger partial charge on any atom is 0.254 e. The Balaban J connectivity index is 1.94. The maximum atomic E-state index is 13.2. The Hall–Kier alpha value is -2.36. The summed E-state index contributed by atoms with van der Waals surface area (Å²) in [7, 11) is -3.26. The minimum atomic E-state index is -3.26. The lowest BCUT2D eigenvalue weighted by atomic mass is 10.1. The van der Waals surface area contributed by atoms with Crippen molar-refractivity contribution in [3.05, 3.63) is 53.3 Å². The Kier molecular flexibility index (Phi) is 10.9. The number of benzene rings is 1. The molecule has 2 aromatic rings. The quantitative estimate of drug-likeness (QED) is 0.386. The van der Waals surface area contributed by atoms with Crippen LogP contribution in [0.4, 0.5) is 5.69 Å². The summed E-state index contributed by atoms with van der Waals surface area (Å²) in [6.45, 7) is 7.33. The summed E-state index contributed by atoms with van der Waals surface area (Å²) >= 11 is 6.24. The molecule has 8 nitrogen and oxygen atoms in total. The first-order valence-electron chi connectivity index (χ1n) is 11.1. The molecule has 33 heavy (non-hydrogen) atoms. The van der Waals surface area contributed by atoms with Gasteiger partial charge >= 0.3 is 0 Å². The average Bonchev–Trinajstić information content (AvgIpc) is 2.76. The normalized spacial score (nSPS) is 11.4. The lowest BCUT2D eigenvalue weighted by Crippen LogP contribution is -2.39. The van der Waals surface area contributed by atoms with Crippen molar-refractivity contribution in [3.63, 3.8) is 0 Å². The number of sulfonamides is 1. The highest BCUT2D eigenvalue weighted by molar-refractivity contribution is 7.89. The SMILES string of the molecule is CCCS(=O)(=O)NCCCN(C(=O)c1cc(Cl)cc(OCCNc2ccncc2)c1)C(C)C. The molecule has 182 valence electrons. The Bertz CT molecular complexity index is 987. The number of hydrogen-bond donors (Lipinski definition) is 2. The molecule has 0 aliphatic carbocycles. The molecule has 10 heteroatoms. The van der Waals surface area contributed by atoms with Crippen molar-refractivity contribution < 1.29 is 17.9 Å². The number of carbonyl (C=O) groups is 1. The molecule has 0 atom stereocenters. The van der Waals surface area contributed by atoms with Gasteiger partial charge < -0.3 is 15.0 Å². The van der Waals surface area contributed by atoms with Crippen LogP contribution in [0, 0.1) is 0 Å². The highest BCUT2D eigenvalue weighted by Crippen LogP contribution is 2.23. The summed E-state index contributed by atoms with van der Waals surface area (Å²) in [4.78, 5) is 18.8. The summed E-state index contributed by atoms with van der Waals surface area (Å²) in [6, 6.07) is 8.65. The summed E-state index contributed by atoms with van der Waals surface area (Å²) in [5.41, 5.74) is 1.37. The molecule has 0 aliphatic rings. The fourth-order valence-electron chi connectivity index (χ4n) is 3.18. The van der Waals surface area contributed by atoms with Gasteiger partial charge in [-0.25, -0.2) is 13.1 Å². The van der Waals surface area contributed by atoms with Crippen molar-refractivity contribution in [1.29, 1.82) is 0 Å². The zero-order valence-corrected chi connectivity index (χ0v) is 21.0. The maximum absolute atomic E-state index is 13.2. The number of halogens is 1. The number of carbonyl (C=O) groups excluding carboxylic acids is 1. The van der Waals surface area contributed by atoms with E-state index in [2.05, 4.69) is 15.0 Å². The molecule has 0 aliphatic heterocycles. The van der Waals surface area contributed by atoms with Gasteiger partial charge in [-0.2, -0.15) is 0 Å². The summed E-state index contributed by atoms with van der Waals surface area (Å²) < 4.78 is 32.0. The molecule has 1 amide bonds. The van der Waals surface area contributed by atoms with Crippen LogP contribution in [0.3, 0.4) is 0 Å². The van der Waals surface area contributed by atoms with Gasteiger partial charge in [0, 0.05) is 54.3 Å². The highest BCUT2D eigenvalue weighted by atomic mass is 35.5. The number of anilines is 1. The van der Waals surface area contributed by atoms with Gasteiger partial charge in [-0.15, -0.1) is 0 Å². The first-order chi connectivity index (χ1) is 15.7. The molecule has 1 heterocycles. The molecule has 1 aromatic carbocycles. The van der Waals surface area contributed by atoms with Gasteiger partial charge in [0.15, 0.2) is 0 Å². The Labute approximate surface area is 201 Å². The van der Waals surface area contributed by atoms with Gasteiger partial charge in [0.25, 0.3) is 5.91 Å². The number of ether oxygens (including phenoxy) is 1. The molecule has 0 fully saturated rings. The van der Waals surface area contributed by atoms with E-state index in [1.807, 2.05) is 32.9 Å². The minimum absolute atomic E-state index is 0.0577. The van der Waals surface area contributed by atoms with E-state index < -0.39 is 10.0 Å². The van der Waals surface area contributed by atoms with Crippen molar-refractivity contribution in [2.45, 2.75) is 39.7 Å². The molecule has 0 bridgehead atoms. The van der Waals surface area contributed by atoms with E-state index in [4.69, 9.17) is 16.3 Å². The molecule has 0 saturated heterocycles. The Morgan fingerprint density at radius 2 is 1.91 bits per heavy atom. The van der Waals surface area contributed by atoms with E-state index in [-0.39, 0.29) is 24.2 Å². The monoisotopic (exact) mass is 496 g/mol. The van der Waals surface area contributed by atoms with Crippen LogP contribution in [-0.4, -0.2) is 62.2 Å². The van der Waals surface area contributed by atoms with Crippen LogP contribution in [0.1, 0.15) is 44.0 Å². The topological polar surface area (TPSA) is 101 Å². The number of nitrogens with zero attached hydrogens (tertiary/aromatic N) is 2. The molecular weight excluding hydrogens is 464 g/mol. The van der Waals surface area contributed by atoms with Crippen LogP contribution < -0.4 is 14.8 Å². The minimum Gasteiger partial charge on any atom is -0.492 e. The Morgan fingerprint density at radius 1 is 1.18 bits per heavy atom. The number of rotatable bonds is 14. The molecule has 2 N–H and O–H groups in total. The third-order valence-electron chi connectivity index (χ3n) is 4.75. The second-order valence-corrected chi connectivity index (χ2v) is 10.2. The molecule has 1 aromatic heterocycles. The fraction of sp³-hybridized carbons (Fsp3) is 0.478. The summed E-state index contributed by atoms with van der Waals surface area (Å²) in [5.74, 6) is 0.436. The van der Waals surface area contributed by atoms with E-state index in [1.54, 1.807) is 35.5 Å². The van der Waals surface area contributed by atoms with E-state index in [9.17, 15) is 13.2 Å². The van der Waals surface area contributed by atoms with Gasteiger partial charge in [0.1, 0.15) is 12.4 Å². The Morgan fingerprint density at radius 3 is 2.58 bits per heavy atom. The smallest absolute Gasteiger partial charge is 0.254 e. The van der Waals surface area contributed by atoms with Gasteiger partial charge in [-0.1, -0.05) is 18.5 Å². The predicted molar refractivity (Wildman–Crippen MR) is 133 cm³/mol. The van der Waals surface area contributed by atoms with Crippen molar-refractivity contribution >= 4 is 33.2 Å². The van der Waals surface area contributed by atoms with Crippen molar-refractivity contribution in [2.75, 3.05) is 37.3 Å². The number of hydrogen-bond acceptors (Lipinski definition) is 6. The zero-order valence-electron chi connectivity index (χ0n) is 19.4. The second kappa shape index (κ2) is 13.4. The number of aromatic nitrogens is 1. The van der Waals surface area contributed by atoms with Crippen molar-refractivity contribution in [1.82, 2.24) is 14.6 Å². The lowest BCUT2D eigenvalue weighted by Gasteiger charge is -2.27. The van der Waals surface area contributed by atoms with Gasteiger partial charge in [-0.05, 0) is 57.0 Å². The van der Waals surface area contributed by atoms with E-state index in [0.29, 0.717) is 48.9 Å². The molecular formula is C23H33ClN4O4S. The molecule has 2 rings (SSSR count). The summed E-state index contributed by atoms with van der Waals surface area (Å²) in [6.07, 6.45) is 4.49. The molecule has 0 radical (unpaired) electrons. The first kappa shape index (κ1) is 26.9. The van der Waals surface area contributed by atoms with Crippen LogP contribution in [0.2, 0.25) is 5.02 Å². The van der Waals surface area contributed by atoms with Crippen molar-refractivity contribution in [3.8, 4) is 5.75 Å². The molecule has 0 saturated carbocycles. The van der Waals surface area contributed by atoms with Crippen LogP contribution in [0.15, 0.2) is 42.7 Å². The number of amides is 1. The van der Waals surface area contributed by atoms with Gasteiger partial charge in [0.05, 0.1) is 5.75 Å². The zero-order chi connectivity index (χ0) is 24.3. The third-order valence-corrected chi connectivity index (χ3v) is 6.56. The largest absolute Gasteiger partial charge is 0.492 e.